The van der Waals surface area contributed by atoms with Crippen LogP contribution in [0.1, 0.15) is 46.6 Å². The van der Waals surface area contributed by atoms with Gasteiger partial charge in [-0.2, -0.15) is 0 Å². The molecular formula is C19H24FNO3. The fraction of sp³-hybridized carbons (Fsp3) is 0.474. The summed E-state index contributed by atoms with van der Waals surface area (Å²) in [5, 5.41) is 0. The lowest BCUT2D eigenvalue weighted by molar-refractivity contribution is -0.148. The Morgan fingerprint density at radius 3 is 2.58 bits per heavy atom. The van der Waals surface area contributed by atoms with Crippen LogP contribution in [0.2, 0.25) is 0 Å². The minimum atomic E-state index is -0.655. The summed E-state index contributed by atoms with van der Waals surface area (Å²) in [6.45, 7) is 9.75. The summed E-state index contributed by atoms with van der Waals surface area (Å²) in [6.07, 6.45) is 1.92. The number of carbonyl (C=O) groups is 2. The summed E-state index contributed by atoms with van der Waals surface area (Å²) in [6, 6.07) is 4.52. The van der Waals surface area contributed by atoms with Crippen LogP contribution in [0.4, 0.5) is 10.1 Å². The van der Waals surface area contributed by atoms with Crippen molar-refractivity contribution < 1.29 is 18.7 Å². The second kappa shape index (κ2) is 6.75. The zero-order valence-electron chi connectivity index (χ0n) is 14.9. The van der Waals surface area contributed by atoms with E-state index >= 15 is 0 Å². The molecular weight excluding hydrogens is 309 g/mol. The number of hydrogen-bond donors (Lipinski definition) is 0. The molecule has 5 heteroatoms. The van der Waals surface area contributed by atoms with E-state index in [2.05, 4.69) is 0 Å². The maximum atomic E-state index is 14.3. The molecule has 0 bridgehead atoms. The Morgan fingerprint density at radius 1 is 1.33 bits per heavy atom. The summed E-state index contributed by atoms with van der Waals surface area (Å²) in [7, 11) is 0. The Kier molecular flexibility index (Phi) is 5.11. The number of nitrogens with zero attached hydrogens (tertiary/aromatic N) is 1. The molecule has 1 aromatic carbocycles. The van der Waals surface area contributed by atoms with Gasteiger partial charge in [-0.3, -0.25) is 4.79 Å². The van der Waals surface area contributed by atoms with Gasteiger partial charge in [0, 0.05) is 18.2 Å². The van der Waals surface area contributed by atoms with Crippen LogP contribution in [0.3, 0.4) is 0 Å². The fourth-order valence-electron chi connectivity index (χ4n) is 2.56. The highest BCUT2D eigenvalue weighted by atomic mass is 19.1. The molecule has 0 radical (unpaired) electrons. The predicted octanol–water partition coefficient (Wildman–Crippen LogP) is 3.94. The minimum Gasteiger partial charge on any atom is -0.457 e. The lowest BCUT2D eigenvalue weighted by Gasteiger charge is -2.19. The molecule has 0 saturated carbocycles. The lowest BCUT2D eigenvalue weighted by atomic mass is 10.1. The quantitative estimate of drug-likeness (QED) is 0.619. The normalized spacial score (nSPS) is 16.0. The summed E-state index contributed by atoms with van der Waals surface area (Å²) < 4.78 is 19.5. The molecule has 2 rings (SSSR count). The molecule has 0 fully saturated rings. The van der Waals surface area contributed by atoms with Gasteiger partial charge in [-0.25, -0.2) is 9.18 Å². The smallest absolute Gasteiger partial charge is 0.332 e. The Balaban J connectivity index is 2.39. The molecule has 1 amide bonds. The van der Waals surface area contributed by atoms with E-state index in [0.717, 1.165) is 6.42 Å². The average Bonchev–Trinajstić information content (AvgIpc) is 2.69. The van der Waals surface area contributed by atoms with Crippen molar-refractivity contribution in [3.05, 3.63) is 35.7 Å². The van der Waals surface area contributed by atoms with Crippen molar-refractivity contribution >= 4 is 23.1 Å². The van der Waals surface area contributed by atoms with Gasteiger partial charge in [0.2, 0.25) is 0 Å². The molecule has 0 aromatic heterocycles. The van der Waals surface area contributed by atoms with Crippen molar-refractivity contribution in [2.45, 2.75) is 46.6 Å². The van der Waals surface area contributed by atoms with Crippen LogP contribution in [0.15, 0.2) is 24.3 Å². The first-order chi connectivity index (χ1) is 11.1. The number of carbonyl (C=O) groups excluding carboxylic acids is 2. The van der Waals surface area contributed by atoms with Gasteiger partial charge in [-0.15, -0.1) is 0 Å². The van der Waals surface area contributed by atoms with E-state index in [1.165, 1.54) is 23.1 Å². The van der Waals surface area contributed by atoms with Crippen molar-refractivity contribution in [2.75, 3.05) is 11.4 Å². The number of anilines is 1. The second-order valence-corrected chi connectivity index (χ2v) is 7.37. The highest BCUT2D eigenvalue weighted by molar-refractivity contribution is 6.34. The zero-order chi connectivity index (χ0) is 18.1. The maximum Gasteiger partial charge on any atom is 0.332 e. The molecule has 0 atom stereocenters. The molecule has 0 N–H and O–H groups in total. The number of halogens is 1. The standard InChI is InChI=1S/C19H24FNO3/c1-12(2)9-10-21-17-13(7-6-8-15(17)20)14(18(21)23)11-16(22)24-19(3,4)5/h6-8,11-12H,9-10H2,1-5H3. The molecule has 1 aliphatic heterocycles. The first-order valence-electron chi connectivity index (χ1n) is 8.15. The Hall–Kier alpha value is -2.17. The van der Waals surface area contributed by atoms with E-state index in [1.807, 2.05) is 13.8 Å². The van der Waals surface area contributed by atoms with E-state index in [4.69, 9.17) is 4.74 Å². The molecule has 0 unspecified atom stereocenters. The summed E-state index contributed by atoms with van der Waals surface area (Å²) >= 11 is 0. The number of benzene rings is 1. The van der Waals surface area contributed by atoms with Gasteiger partial charge in [-0.05, 0) is 39.2 Å². The second-order valence-electron chi connectivity index (χ2n) is 7.37. The van der Waals surface area contributed by atoms with Gasteiger partial charge in [-0.1, -0.05) is 26.0 Å². The van der Waals surface area contributed by atoms with Gasteiger partial charge in [0.15, 0.2) is 0 Å². The molecule has 4 nitrogen and oxygen atoms in total. The summed E-state index contributed by atoms with van der Waals surface area (Å²) in [5.74, 6) is -1.04. The number of amides is 1. The van der Waals surface area contributed by atoms with E-state index in [1.54, 1.807) is 26.8 Å². The fourth-order valence-corrected chi connectivity index (χ4v) is 2.56. The Labute approximate surface area is 142 Å². The summed E-state index contributed by atoms with van der Waals surface area (Å²) in [4.78, 5) is 26.2. The average molecular weight is 333 g/mol. The first-order valence-corrected chi connectivity index (χ1v) is 8.15. The number of rotatable bonds is 4. The van der Waals surface area contributed by atoms with Crippen molar-refractivity contribution in [2.24, 2.45) is 5.92 Å². The van der Waals surface area contributed by atoms with E-state index in [9.17, 15) is 14.0 Å². The Morgan fingerprint density at radius 2 is 2.00 bits per heavy atom. The largest absolute Gasteiger partial charge is 0.457 e. The van der Waals surface area contributed by atoms with Crippen LogP contribution in [-0.4, -0.2) is 24.0 Å². The number of fused-ring (bicyclic) bond motifs is 1. The topological polar surface area (TPSA) is 46.6 Å². The molecule has 24 heavy (non-hydrogen) atoms. The number of hydrogen-bond acceptors (Lipinski definition) is 3. The third-order valence-electron chi connectivity index (χ3n) is 3.62. The van der Waals surface area contributed by atoms with Crippen LogP contribution in [0, 0.1) is 11.7 Å². The third kappa shape index (κ3) is 4.02. The van der Waals surface area contributed by atoms with E-state index < -0.39 is 17.4 Å². The predicted molar refractivity (Wildman–Crippen MR) is 92.0 cm³/mol. The van der Waals surface area contributed by atoms with Gasteiger partial charge < -0.3 is 9.64 Å². The maximum absolute atomic E-state index is 14.3. The van der Waals surface area contributed by atoms with Crippen molar-refractivity contribution in [1.82, 2.24) is 0 Å². The molecule has 0 saturated heterocycles. The minimum absolute atomic E-state index is 0.183. The van der Waals surface area contributed by atoms with E-state index in [0.29, 0.717) is 18.0 Å². The zero-order valence-corrected chi connectivity index (χ0v) is 14.9. The van der Waals surface area contributed by atoms with Crippen LogP contribution in [0.25, 0.3) is 5.57 Å². The van der Waals surface area contributed by atoms with Gasteiger partial charge >= 0.3 is 5.97 Å². The third-order valence-corrected chi connectivity index (χ3v) is 3.62. The number of para-hydroxylation sites is 1. The molecule has 130 valence electrons. The van der Waals surface area contributed by atoms with Crippen LogP contribution in [-0.2, 0) is 14.3 Å². The number of ether oxygens (including phenoxy) is 1. The Bertz CT molecular complexity index is 686. The van der Waals surface area contributed by atoms with Gasteiger partial charge in [0.1, 0.15) is 11.4 Å². The van der Waals surface area contributed by atoms with Crippen LogP contribution >= 0.6 is 0 Å². The molecule has 1 aromatic rings. The summed E-state index contributed by atoms with van der Waals surface area (Å²) in [5.41, 5.74) is 0.216. The van der Waals surface area contributed by atoms with Crippen molar-refractivity contribution in [3.63, 3.8) is 0 Å². The van der Waals surface area contributed by atoms with E-state index in [-0.39, 0.29) is 17.2 Å². The van der Waals surface area contributed by atoms with Crippen molar-refractivity contribution in [3.8, 4) is 0 Å². The molecule has 0 spiro atoms. The monoisotopic (exact) mass is 333 g/mol. The lowest BCUT2D eigenvalue weighted by Crippen LogP contribution is -2.29. The van der Waals surface area contributed by atoms with Gasteiger partial charge in [0.25, 0.3) is 5.91 Å². The van der Waals surface area contributed by atoms with Crippen LogP contribution < -0.4 is 4.90 Å². The molecule has 0 aliphatic carbocycles. The first kappa shape index (κ1) is 18.2. The highest BCUT2D eigenvalue weighted by Gasteiger charge is 2.35. The molecule has 1 heterocycles. The van der Waals surface area contributed by atoms with Gasteiger partial charge in [0.05, 0.1) is 11.3 Å². The molecule has 1 aliphatic rings. The highest BCUT2D eigenvalue weighted by Crippen LogP contribution is 2.39. The van der Waals surface area contributed by atoms with Crippen LogP contribution in [0.5, 0.6) is 0 Å². The van der Waals surface area contributed by atoms with Crippen molar-refractivity contribution in [1.29, 1.82) is 0 Å². The SMILES string of the molecule is CC(C)CCN1C(=O)C(=CC(=O)OC(C)(C)C)c2cccc(F)c21. The number of esters is 1.